The first kappa shape index (κ1) is 17.9. The molecule has 2 amide bonds. The van der Waals surface area contributed by atoms with Crippen LogP contribution in [0.2, 0.25) is 0 Å². The molecule has 1 unspecified atom stereocenters. The number of piperazine rings is 1. The van der Waals surface area contributed by atoms with E-state index in [1.165, 1.54) is 0 Å². The summed E-state index contributed by atoms with van der Waals surface area (Å²) in [5.41, 5.74) is 1.78. The van der Waals surface area contributed by atoms with Gasteiger partial charge in [0.05, 0.1) is 19.3 Å². The summed E-state index contributed by atoms with van der Waals surface area (Å²) in [6.45, 7) is 9.31. The quantitative estimate of drug-likeness (QED) is 0.820. The monoisotopic (exact) mass is 345 g/mol. The molecule has 2 fully saturated rings. The number of benzene rings is 1. The van der Waals surface area contributed by atoms with E-state index in [0.717, 1.165) is 24.2 Å². The summed E-state index contributed by atoms with van der Waals surface area (Å²) in [6.07, 6.45) is 0. The third-order valence-corrected chi connectivity index (χ3v) is 5.20. The van der Waals surface area contributed by atoms with Crippen LogP contribution in [0.15, 0.2) is 24.3 Å². The zero-order valence-corrected chi connectivity index (χ0v) is 15.1. The maximum atomic E-state index is 12.7. The molecular formula is C19H27N3O3. The van der Waals surface area contributed by atoms with Gasteiger partial charge in [-0.2, -0.15) is 0 Å². The standard InChI is InChI=1S/C19H27N3O3/c1-15-5-3-4-6-17(15)19(24)21-9-7-20(8-10-21)16(2)18(23)22-11-13-25-14-12-22/h3-6,16H,7-14H2,1-2H3. The van der Waals surface area contributed by atoms with Crippen LogP contribution in [0.3, 0.4) is 0 Å². The van der Waals surface area contributed by atoms with Crippen LogP contribution < -0.4 is 0 Å². The molecule has 2 aliphatic heterocycles. The van der Waals surface area contributed by atoms with Gasteiger partial charge >= 0.3 is 0 Å². The lowest BCUT2D eigenvalue weighted by molar-refractivity contribution is -0.141. The predicted octanol–water partition coefficient (Wildman–Crippen LogP) is 1.00. The zero-order valence-electron chi connectivity index (χ0n) is 15.1. The molecule has 0 bridgehead atoms. The van der Waals surface area contributed by atoms with Crippen LogP contribution in [0.25, 0.3) is 0 Å². The number of morpholine rings is 1. The molecule has 6 heteroatoms. The largest absolute Gasteiger partial charge is 0.378 e. The minimum absolute atomic E-state index is 0.0879. The van der Waals surface area contributed by atoms with Gasteiger partial charge in [-0.15, -0.1) is 0 Å². The van der Waals surface area contributed by atoms with E-state index in [9.17, 15) is 9.59 Å². The van der Waals surface area contributed by atoms with Gasteiger partial charge in [-0.05, 0) is 25.5 Å². The van der Waals surface area contributed by atoms with Crippen LogP contribution in [0.4, 0.5) is 0 Å². The van der Waals surface area contributed by atoms with Crippen LogP contribution in [-0.4, -0.2) is 85.0 Å². The van der Waals surface area contributed by atoms with Crippen LogP contribution in [0.1, 0.15) is 22.8 Å². The summed E-state index contributed by atoms with van der Waals surface area (Å²) in [7, 11) is 0. The highest BCUT2D eigenvalue weighted by atomic mass is 16.5. The van der Waals surface area contributed by atoms with Crippen molar-refractivity contribution < 1.29 is 14.3 Å². The van der Waals surface area contributed by atoms with Gasteiger partial charge in [-0.25, -0.2) is 0 Å². The van der Waals surface area contributed by atoms with Crippen molar-refractivity contribution in [3.63, 3.8) is 0 Å². The van der Waals surface area contributed by atoms with Gasteiger partial charge in [-0.3, -0.25) is 14.5 Å². The van der Waals surface area contributed by atoms with E-state index in [0.29, 0.717) is 39.4 Å². The van der Waals surface area contributed by atoms with Crippen molar-refractivity contribution in [3.05, 3.63) is 35.4 Å². The average Bonchev–Trinajstić information content (AvgIpc) is 2.67. The minimum atomic E-state index is -0.145. The van der Waals surface area contributed by atoms with Crippen LogP contribution in [-0.2, 0) is 9.53 Å². The Labute approximate surface area is 149 Å². The highest BCUT2D eigenvalue weighted by Gasteiger charge is 2.31. The van der Waals surface area contributed by atoms with Gasteiger partial charge < -0.3 is 14.5 Å². The Morgan fingerprint density at radius 2 is 1.60 bits per heavy atom. The maximum Gasteiger partial charge on any atom is 0.254 e. The van der Waals surface area contributed by atoms with Crippen molar-refractivity contribution >= 4 is 11.8 Å². The second-order valence-corrected chi connectivity index (χ2v) is 6.76. The maximum absolute atomic E-state index is 12.7. The molecule has 1 atom stereocenters. The van der Waals surface area contributed by atoms with E-state index in [4.69, 9.17) is 4.74 Å². The van der Waals surface area contributed by atoms with Crippen molar-refractivity contribution in [1.82, 2.24) is 14.7 Å². The number of aryl methyl sites for hydroxylation is 1. The van der Waals surface area contributed by atoms with Gasteiger partial charge in [0.25, 0.3) is 5.91 Å². The normalized spacial score (nSPS) is 20.4. The number of ether oxygens (including phenoxy) is 1. The van der Waals surface area contributed by atoms with Gasteiger partial charge in [0, 0.05) is 44.8 Å². The number of hydrogen-bond acceptors (Lipinski definition) is 4. The Hall–Kier alpha value is -1.92. The third kappa shape index (κ3) is 4.02. The molecule has 2 heterocycles. The Kier molecular flexibility index (Phi) is 5.71. The second kappa shape index (κ2) is 7.97. The van der Waals surface area contributed by atoms with E-state index in [2.05, 4.69) is 4.90 Å². The van der Waals surface area contributed by atoms with Crippen molar-refractivity contribution in [1.29, 1.82) is 0 Å². The molecule has 2 aliphatic rings. The number of amides is 2. The first-order valence-corrected chi connectivity index (χ1v) is 9.03. The van der Waals surface area contributed by atoms with E-state index in [1.807, 2.05) is 47.9 Å². The molecule has 25 heavy (non-hydrogen) atoms. The molecule has 1 aromatic rings. The Morgan fingerprint density at radius 1 is 0.960 bits per heavy atom. The van der Waals surface area contributed by atoms with Crippen molar-refractivity contribution in [3.8, 4) is 0 Å². The van der Waals surface area contributed by atoms with E-state index >= 15 is 0 Å². The third-order valence-electron chi connectivity index (χ3n) is 5.20. The lowest BCUT2D eigenvalue weighted by atomic mass is 10.1. The Bertz CT molecular complexity index is 620. The second-order valence-electron chi connectivity index (χ2n) is 6.76. The van der Waals surface area contributed by atoms with E-state index in [-0.39, 0.29) is 17.9 Å². The number of rotatable bonds is 3. The molecule has 0 radical (unpaired) electrons. The first-order chi connectivity index (χ1) is 12.1. The SMILES string of the molecule is Cc1ccccc1C(=O)N1CCN(C(C)C(=O)N2CCOCC2)CC1. The topological polar surface area (TPSA) is 53.1 Å². The summed E-state index contributed by atoms with van der Waals surface area (Å²) < 4.78 is 5.32. The molecule has 6 nitrogen and oxygen atoms in total. The number of hydrogen-bond donors (Lipinski definition) is 0. The molecule has 2 saturated heterocycles. The molecule has 3 rings (SSSR count). The molecule has 0 spiro atoms. The molecule has 0 N–H and O–H groups in total. The molecule has 0 aromatic heterocycles. The summed E-state index contributed by atoms with van der Waals surface area (Å²) in [4.78, 5) is 31.3. The molecule has 1 aromatic carbocycles. The summed E-state index contributed by atoms with van der Waals surface area (Å²) in [5.74, 6) is 0.256. The Morgan fingerprint density at radius 3 is 2.24 bits per heavy atom. The minimum Gasteiger partial charge on any atom is -0.378 e. The number of carbonyl (C=O) groups excluding carboxylic acids is 2. The summed E-state index contributed by atoms with van der Waals surface area (Å²) in [5, 5.41) is 0. The van der Waals surface area contributed by atoms with Gasteiger partial charge in [0.1, 0.15) is 0 Å². The fourth-order valence-electron chi connectivity index (χ4n) is 3.50. The van der Waals surface area contributed by atoms with Gasteiger partial charge in [-0.1, -0.05) is 18.2 Å². The predicted molar refractivity (Wildman–Crippen MR) is 95.5 cm³/mol. The molecule has 136 valence electrons. The highest BCUT2D eigenvalue weighted by molar-refractivity contribution is 5.95. The lowest BCUT2D eigenvalue weighted by Gasteiger charge is -2.39. The van der Waals surface area contributed by atoms with E-state index < -0.39 is 0 Å². The Balaban J connectivity index is 1.55. The average molecular weight is 345 g/mol. The van der Waals surface area contributed by atoms with Crippen molar-refractivity contribution in [2.24, 2.45) is 0 Å². The van der Waals surface area contributed by atoms with Crippen LogP contribution in [0, 0.1) is 6.92 Å². The number of nitrogens with zero attached hydrogens (tertiary/aromatic N) is 3. The highest BCUT2D eigenvalue weighted by Crippen LogP contribution is 2.15. The van der Waals surface area contributed by atoms with Crippen LogP contribution in [0.5, 0.6) is 0 Å². The molecular weight excluding hydrogens is 318 g/mol. The molecule has 0 aliphatic carbocycles. The van der Waals surface area contributed by atoms with Gasteiger partial charge in [0.15, 0.2) is 0 Å². The summed E-state index contributed by atoms with van der Waals surface area (Å²) >= 11 is 0. The lowest BCUT2D eigenvalue weighted by Crippen LogP contribution is -2.56. The van der Waals surface area contributed by atoms with Crippen molar-refractivity contribution in [2.45, 2.75) is 19.9 Å². The fourth-order valence-corrected chi connectivity index (χ4v) is 3.50. The molecule has 0 saturated carbocycles. The fraction of sp³-hybridized carbons (Fsp3) is 0.579. The van der Waals surface area contributed by atoms with Crippen LogP contribution >= 0.6 is 0 Å². The van der Waals surface area contributed by atoms with E-state index in [1.54, 1.807) is 0 Å². The first-order valence-electron chi connectivity index (χ1n) is 9.03. The summed E-state index contributed by atoms with van der Waals surface area (Å²) in [6, 6.07) is 7.55. The number of carbonyl (C=O) groups is 2. The smallest absolute Gasteiger partial charge is 0.254 e. The van der Waals surface area contributed by atoms with Crippen molar-refractivity contribution in [2.75, 3.05) is 52.5 Å². The zero-order chi connectivity index (χ0) is 17.8. The van der Waals surface area contributed by atoms with Gasteiger partial charge in [0.2, 0.25) is 5.91 Å².